The lowest BCUT2D eigenvalue weighted by molar-refractivity contribution is 0.156. The van der Waals surface area contributed by atoms with E-state index in [0.717, 1.165) is 0 Å². The summed E-state index contributed by atoms with van der Waals surface area (Å²) in [6.07, 6.45) is -1.03. The van der Waals surface area contributed by atoms with Gasteiger partial charge in [0.25, 0.3) is 6.43 Å². The molecule has 0 saturated heterocycles. The Labute approximate surface area is 91.2 Å². The average Bonchev–Trinajstić information content (AvgIpc) is 2.27. The highest BCUT2D eigenvalue weighted by molar-refractivity contribution is 6.00. The predicted octanol–water partition coefficient (Wildman–Crippen LogP) is 0.877. The van der Waals surface area contributed by atoms with Gasteiger partial charge in [-0.2, -0.15) is 0 Å². The Morgan fingerprint density at radius 1 is 1.69 bits per heavy atom. The van der Waals surface area contributed by atoms with E-state index in [9.17, 15) is 8.78 Å². The third-order valence-corrected chi connectivity index (χ3v) is 1.96. The number of nitrogens with zero attached hydrogens (tertiary/aromatic N) is 3. The van der Waals surface area contributed by atoms with Crippen LogP contribution < -0.4 is 10.6 Å². The Bertz CT molecular complexity index is 384. The summed E-state index contributed by atoms with van der Waals surface area (Å²) >= 11 is 0. The van der Waals surface area contributed by atoms with Crippen molar-refractivity contribution in [2.75, 3.05) is 18.5 Å². The second kappa shape index (κ2) is 5.24. The molecule has 7 heteroatoms. The number of hydrogen-bond acceptors (Lipinski definition) is 4. The fourth-order valence-corrected chi connectivity index (χ4v) is 1.25. The van der Waals surface area contributed by atoms with Crippen LogP contribution in [0.25, 0.3) is 0 Å². The minimum absolute atomic E-state index is 0.174. The van der Waals surface area contributed by atoms with Gasteiger partial charge in [0.05, 0.1) is 12.2 Å². The molecule has 0 amide bonds. The van der Waals surface area contributed by atoms with Gasteiger partial charge in [-0.25, -0.2) is 8.78 Å². The first-order valence-corrected chi connectivity index (χ1v) is 4.48. The van der Waals surface area contributed by atoms with Gasteiger partial charge in [-0.1, -0.05) is 5.16 Å². The zero-order chi connectivity index (χ0) is 12.1. The second-order valence-corrected chi connectivity index (χ2v) is 3.13. The van der Waals surface area contributed by atoms with Crippen molar-refractivity contribution in [1.29, 1.82) is 0 Å². The summed E-state index contributed by atoms with van der Waals surface area (Å²) in [5, 5.41) is 11.3. The Morgan fingerprint density at radius 3 is 2.94 bits per heavy atom. The first kappa shape index (κ1) is 12.2. The van der Waals surface area contributed by atoms with Crippen LogP contribution in [0.5, 0.6) is 0 Å². The quantitative estimate of drug-likeness (QED) is 0.348. The number of halogens is 2. The largest absolute Gasteiger partial charge is 0.409 e. The molecule has 3 N–H and O–H groups in total. The molecule has 0 aliphatic rings. The van der Waals surface area contributed by atoms with Gasteiger partial charge in [-0.05, 0) is 12.1 Å². The second-order valence-electron chi connectivity index (χ2n) is 3.13. The van der Waals surface area contributed by atoms with Gasteiger partial charge in [-0.3, -0.25) is 4.98 Å². The number of oxime groups is 1. The molecule has 1 aromatic rings. The van der Waals surface area contributed by atoms with Crippen LogP contribution in [0.1, 0.15) is 5.69 Å². The molecule has 5 nitrogen and oxygen atoms in total. The molecular weight excluding hydrogens is 218 g/mol. The first-order valence-electron chi connectivity index (χ1n) is 4.48. The molecule has 16 heavy (non-hydrogen) atoms. The molecular formula is C9H12F2N4O. The Hall–Kier alpha value is -1.92. The summed E-state index contributed by atoms with van der Waals surface area (Å²) in [5.41, 5.74) is 5.95. The topological polar surface area (TPSA) is 74.7 Å². The third-order valence-electron chi connectivity index (χ3n) is 1.96. The van der Waals surface area contributed by atoms with Crippen LogP contribution in [-0.2, 0) is 0 Å². The van der Waals surface area contributed by atoms with Crippen LogP contribution in [0.4, 0.5) is 14.5 Å². The average molecular weight is 230 g/mol. The number of aromatic nitrogens is 1. The van der Waals surface area contributed by atoms with Crippen molar-refractivity contribution in [3.05, 3.63) is 24.0 Å². The number of amidine groups is 1. The standard InChI is InChI=1S/C9H12F2N4O/c1-15(5-7(10)11)6-3-2-4-13-8(6)9(12)14-16/h2-4,7,16H,5H2,1H3,(H2,12,14). The van der Waals surface area contributed by atoms with Gasteiger partial charge in [0.2, 0.25) is 0 Å². The van der Waals surface area contributed by atoms with Crippen LogP contribution in [-0.4, -0.2) is 36.0 Å². The molecule has 0 fully saturated rings. The van der Waals surface area contributed by atoms with Crippen molar-refractivity contribution in [2.24, 2.45) is 10.9 Å². The minimum atomic E-state index is -2.47. The molecule has 0 aromatic carbocycles. The number of anilines is 1. The van der Waals surface area contributed by atoms with E-state index in [4.69, 9.17) is 10.9 Å². The number of rotatable bonds is 4. The fraction of sp³-hybridized carbons (Fsp3) is 0.333. The van der Waals surface area contributed by atoms with Crippen molar-refractivity contribution >= 4 is 11.5 Å². The summed E-state index contributed by atoms with van der Waals surface area (Å²) in [5.74, 6) is -0.211. The van der Waals surface area contributed by atoms with Gasteiger partial charge in [0.1, 0.15) is 5.69 Å². The van der Waals surface area contributed by atoms with Crippen LogP contribution in [0.2, 0.25) is 0 Å². The van der Waals surface area contributed by atoms with E-state index >= 15 is 0 Å². The molecule has 0 bridgehead atoms. The molecule has 1 heterocycles. The Morgan fingerprint density at radius 2 is 2.38 bits per heavy atom. The van der Waals surface area contributed by atoms with Crippen LogP contribution in [0.15, 0.2) is 23.5 Å². The highest BCUT2D eigenvalue weighted by atomic mass is 19.3. The molecule has 0 spiro atoms. The highest BCUT2D eigenvalue weighted by Crippen LogP contribution is 2.17. The van der Waals surface area contributed by atoms with E-state index in [-0.39, 0.29) is 11.5 Å². The normalized spacial score (nSPS) is 11.9. The molecule has 0 aliphatic carbocycles. The molecule has 88 valence electrons. The van der Waals surface area contributed by atoms with Crippen molar-refractivity contribution in [3.63, 3.8) is 0 Å². The monoisotopic (exact) mass is 230 g/mol. The lowest BCUT2D eigenvalue weighted by atomic mass is 10.2. The third kappa shape index (κ3) is 2.78. The van der Waals surface area contributed by atoms with Gasteiger partial charge in [0.15, 0.2) is 5.84 Å². The maximum Gasteiger partial charge on any atom is 0.255 e. The summed E-state index contributed by atoms with van der Waals surface area (Å²) < 4.78 is 24.4. The van der Waals surface area contributed by atoms with Crippen LogP contribution in [0.3, 0.4) is 0 Å². The van der Waals surface area contributed by atoms with Gasteiger partial charge in [0, 0.05) is 13.2 Å². The number of pyridine rings is 1. The van der Waals surface area contributed by atoms with E-state index in [1.54, 1.807) is 12.1 Å². The molecule has 0 saturated carbocycles. The molecule has 1 aromatic heterocycles. The highest BCUT2D eigenvalue weighted by Gasteiger charge is 2.15. The zero-order valence-electron chi connectivity index (χ0n) is 8.64. The smallest absolute Gasteiger partial charge is 0.255 e. The van der Waals surface area contributed by atoms with E-state index in [0.29, 0.717) is 5.69 Å². The maximum absolute atomic E-state index is 12.2. The lowest BCUT2D eigenvalue weighted by Crippen LogP contribution is -2.28. The zero-order valence-corrected chi connectivity index (χ0v) is 8.64. The van der Waals surface area contributed by atoms with Crippen molar-refractivity contribution in [1.82, 2.24) is 4.98 Å². The fourth-order valence-electron chi connectivity index (χ4n) is 1.25. The van der Waals surface area contributed by atoms with Crippen molar-refractivity contribution < 1.29 is 14.0 Å². The summed E-state index contributed by atoms with van der Waals surface area (Å²) in [6, 6.07) is 3.16. The van der Waals surface area contributed by atoms with Crippen LogP contribution >= 0.6 is 0 Å². The van der Waals surface area contributed by atoms with E-state index in [1.165, 1.54) is 18.1 Å². The SMILES string of the molecule is CN(CC(F)F)c1cccnc1/C(N)=N/O. The maximum atomic E-state index is 12.2. The van der Waals surface area contributed by atoms with Crippen LogP contribution in [0, 0.1) is 0 Å². The molecule has 0 unspecified atom stereocenters. The van der Waals surface area contributed by atoms with E-state index in [1.807, 2.05) is 0 Å². The van der Waals surface area contributed by atoms with E-state index in [2.05, 4.69) is 10.1 Å². The predicted molar refractivity (Wildman–Crippen MR) is 56.0 cm³/mol. The summed E-state index contributed by atoms with van der Waals surface area (Å²) in [6.45, 7) is -0.447. The number of hydrogen-bond donors (Lipinski definition) is 2. The number of nitrogens with two attached hydrogens (primary N) is 1. The Kier molecular flexibility index (Phi) is 3.98. The van der Waals surface area contributed by atoms with E-state index < -0.39 is 13.0 Å². The summed E-state index contributed by atoms with van der Waals surface area (Å²) in [7, 11) is 1.48. The minimum Gasteiger partial charge on any atom is -0.409 e. The molecule has 1 rings (SSSR count). The first-order chi connectivity index (χ1) is 7.56. The van der Waals surface area contributed by atoms with Gasteiger partial charge < -0.3 is 15.8 Å². The van der Waals surface area contributed by atoms with Crippen molar-refractivity contribution in [3.8, 4) is 0 Å². The van der Waals surface area contributed by atoms with Gasteiger partial charge >= 0.3 is 0 Å². The Balaban J connectivity index is 3.03. The lowest BCUT2D eigenvalue weighted by Gasteiger charge is -2.20. The van der Waals surface area contributed by atoms with Crippen molar-refractivity contribution in [2.45, 2.75) is 6.43 Å². The molecule has 0 aliphatic heterocycles. The number of alkyl halides is 2. The molecule has 0 radical (unpaired) electrons. The van der Waals surface area contributed by atoms with Gasteiger partial charge in [-0.15, -0.1) is 0 Å². The molecule has 0 atom stereocenters. The summed E-state index contributed by atoms with van der Waals surface area (Å²) in [4.78, 5) is 5.17.